The molecule has 1 aliphatic heterocycles. The molecule has 0 radical (unpaired) electrons. The Kier molecular flexibility index (Phi) is 5.45. The molecule has 0 saturated carbocycles. The largest absolute Gasteiger partial charge is 0.464 e. The molecule has 3 heterocycles. The van der Waals surface area contributed by atoms with Gasteiger partial charge in [-0.15, -0.1) is 0 Å². The van der Waals surface area contributed by atoms with Crippen molar-refractivity contribution < 1.29 is 13.9 Å². The van der Waals surface area contributed by atoms with Crippen molar-refractivity contribution in [2.45, 2.75) is 26.3 Å². The van der Waals surface area contributed by atoms with E-state index in [0.717, 1.165) is 17.7 Å². The van der Waals surface area contributed by atoms with Crippen molar-refractivity contribution in [3.8, 4) is 0 Å². The summed E-state index contributed by atoms with van der Waals surface area (Å²) in [6, 6.07) is 11.7. The third-order valence-electron chi connectivity index (χ3n) is 5.45. The molecule has 0 bridgehead atoms. The van der Waals surface area contributed by atoms with Gasteiger partial charge in [0.25, 0.3) is 0 Å². The normalized spacial score (nSPS) is 15.4. The van der Waals surface area contributed by atoms with Crippen molar-refractivity contribution in [1.29, 1.82) is 0 Å². The number of fused-ring (bicyclic) bond motifs is 1. The monoisotopic (exact) mass is 393 g/mol. The fourth-order valence-electron chi connectivity index (χ4n) is 4.01. The van der Waals surface area contributed by atoms with Gasteiger partial charge in [-0.1, -0.05) is 24.3 Å². The van der Waals surface area contributed by atoms with Crippen LogP contribution in [0.2, 0.25) is 0 Å². The zero-order chi connectivity index (χ0) is 20.4. The molecule has 6 heteroatoms. The third-order valence-corrected chi connectivity index (χ3v) is 5.45. The van der Waals surface area contributed by atoms with Crippen LogP contribution in [0.4, 0.5) is 4.79 Å². The van der Waals surface area contributed by atoms with Gasteiger partial charge in [-0.05, 0) is 44.0 Å². The summed E-state index contributed by atoms with van der Waals surface area (Å²) in [4.78, 5) is 18.1. The highest BCUT2D eigenvalue weighted by Gasteiger charge is 2.24. The SMILES string of the molecule is COCC(NC(=O)N1CC=C(c2c(C)[nH]c3ccccc23)CC1)c1ccc(C)o1. The van der Waals surface area contributed by atoms with E-state index in [4.69, 9.17) is 9.15 Å². The second-order valence-electron chi connectivity index (χ2n) is 7.50. The number of aryl methyl sites for hydroxylation is 2. The second-order valence-corrected chi connectivity index (χ2v) is 7.50. The van der Waals surface area contributed by atoms with Crippen molar-refractivity contribution in [2.24, 2.45) is 0 Å². The first-order chi connectivity index (χ1) is 14.1. The van der Waals surface area contributed by atoms with Gasteiger partial charge < -0.3 is 24.4 Å². The van der Waals surface area contributed by atoms with E-state index in [0.29, 0.717) is 25.5 Å². The lowest BCUT2D eigenvalue weighted by molar-refractivity contribution is 0.148. The molecule has 0 spiro atoms. The van der Waals surface area contributed by atoms with Gasteiger partial charge in [0, 0.05) is 42.4 Å². The number of furan rings is 1. The van der Waals surface area contributed by atoms with Crippen LogP contribution in [0.1, 0.15) is 35.2 Å². The summed E-state index contributed by atoms with van der Waals surface area (Å²) in [5, 5.41) is 4.28. The van der Waals surface area contributed by atoms with Crippen molar-refractivity contribution in [1.82, 2.24) is 15.2 Å². The predicted molar refractivity (Wildman–Crippen MR) is 114 cm³/mol. The zero-order valence-electron chi connectivity index (χ0n) is 17.1. The summed E-state index contributed by atoms with van der Waals surface area (Å²) in [6.07, 6.45) is 2.99. The minimum Gasteiger partial charge on any atom is -0.464 e. The first kappa shape index (κ1) is 19.3. The van der Waals surface area contributed by atoms with Crippen LogP contribution in [0.5, 0.6) is 0 Å². The molecule has 0 saturated heterocycles. The van der Waals surface area contributed by atoms with E-state index in [1.54, 1.807) is 7.11 Å². The van der Waals surface area contributed by atoms with Crippen LogP contribution in [0, 0.1) is 13.8 Å². The highest BCUT2D eigenvalue weighted by Crippen LogP contribution is 2.32. The lowest BCUT2D eigenvalue weighted by Gasteiger charge is -2.28. The number of carbonyl (C=O) groups is 1. The average molecular weight is 393 g/mol. The Balaban J connectivity index is 1.47. The Labute approximate surface area is 170 Å². The molecule has 0 fully saturated rings. The maximum absolute atomic E-state index is 12.8. The van der Waals surface area contributed by atoms with Gasteiger partial charge in [0.05, 0.1) is 6.61 Å². The number of aromatic amines is 1. The Hall–Kier alpha value is -2.99. The molecule has 1 unspecified atom stereocenters. The van der Waals surface area contributed by atoms with Crippen molar-refractivity contribution in [3.05, 3.63) is 65.3 Å². The van der Waals surface area contributed by atoms with Gasteiger partial charge >= 0.3 is 6.03 Å². The van der Waals surface area contributed by atoms with E-state index in [-0.39, 0.29) is 12.1 Å². The molecular formula is C23H27N3O3. The van der Waals surface area contributed by atoms with Crippen molar-refractivity contribution in [2.75, 3.05) is 26.8 Å². The number of amides is 2. The number of ether oxygens (including phenoxy) is 1. The average Bonchev–Trinajstić information content (AvgIpc) is 3.30. The molecule has 6 nitrogen and oxygen atoms in total. The molecule has 2 N–H and O–H groups in total. The third kappa shape index (κ3) is 3.93. The lowest BCUT2D eigenvalue weighted by atomic mass is 9.97. The Bertz CT molecular complexity index is 1050. The zero-order valence-corrected chi connectivity index (χ0v) is 17.1. The molecular weight excluding hydrogens is 366 g/mol. The molecule has 1 atom stereocenters. The summed E-state index contributed by atoms with van der Waals surface area (Å²) in [7, 11) is 1.62. The first-order valence-corrected chi connectivity index (χ1v) is 9.94. The predicted octanol–water partition coefficient (Wildman–Crippen LogP) is 4.56. The van der Waals surface area contributed by atoms with E-state index in [1.807, 2.05) is 30.0 Å². The topological polar surface area (TPSA) is 70.5 Å². The van der Waals surface area contributed by atoms with E-state index >= 15 is 0 Å². The van der Waals surface area contributed by atoms with E-state index < -0.39 is 0 Å². The number of hydrogen-bond acceptors (Lipinski definition) is 3. The van der Waals surface area contributed by atoms with E-state index in [9.17, 15) is 4.79 Å². The molecule has 0 aliphatic carbocycles. The van der Waals surface area contributed by atoms with Crippen LogP contribution in [0.3, 0.4) is 0 Å². The maximum Gasteiger partial charge on any atom is 0.318 e. The highest BCUT2D eigenvalue weighted by atomic mass is 16.5. The Morgan fingerprint density at radius 3 is 2.79 bits per heavy atom. The summed E-state index contributed by atoms with van der Waals surface area (Å²) in [5.74, 6) is 1.52. The number of urea groups is 1. The van der Waals surface area contributed by atoms with Crippen LogP contribution < -0.4 is 5.32 Å². The van der Waals surface area contributed by atoms with Crippen LogP contribution in [0.15, 0.2) is 46.9 Å². The number of rotatable bonds is 5. The van der Waals surface area contributed by atoms with E-state index in [1.165, 1.54) is 22.2 Å². The van der Waals surface area contributed by atoms with E-state index in [2.05, 4.69) is 41.5 Å². The number of nitrogens with one attached hydrogen (secondary N) is 2. The summed E-state index contributed by atoms with van der Waals surface area (Å²) in [5.41, 5.74) is 4.88. The summed E-state index contributed by atoms with van der Waals surface area (Å²) >= 11 is 0. The van der Waals surface area contributed by atoms with Crippen LogP contribution in [-0.4, -0.2) is 42.7 Å². The van der Waals surface area contributed by atoms with Crippen LogP contribution >= 0.6 is 0 Å². The smallest absolute Gasteiger partial charge is 0.318 e. The number of methoxy groups -OCH3 is 1. The number of carbonyl (C=O) groups excluding carboxylic acids is 1. The molecule has 2 aromatic heterocycles. The van der Waals surface area contributed by atoms with Crippen molar-refractivity contribution in [3.63, 3.8) is 0 Å². The molecule has 2 amide bonds. The maximum atomic E-state index is 12.8. The highest BCUT2D eigenvalue weighted by molar-refractivity contribution is 5.94. The number of hydrogen-bond donors (Lipinski definition) is 2. The summed E-state index contributed by atoms with van der Waals surface area (Å²) in [6.45, 7) is 5.61. The number of benzene rings is 1. The quantitative estimate of drug-likeness (QED) is 0.667. The summed E-state index contributed by atoms with van der Waals surface area (Å²) < 4.78 is 10.9. The Morgan fingerprint density at radius 1 is 1.28 bits per heavy atom. The van der Waals surface area contributed by atoms with Crippen LogP contribution in [0.25, 0.3) is 16.5 Å². The van der Waals surface area contributed by atoms with Gasteiger partial charge in [0.1, 0.15) is 17.6 Å². The number of para-hydroxylation sites is 1. The first-order valence-electron chi connectivity index (χ1n) is 9.94. The van der Waals surface area contributed by atoms with Gasteiger partial charge in [-0.25, -0.2) is 4.79 Å². The number of H-pyrrole nitrogens is 1. The molecule has 152 valence electrons. The van der Waals surface area contributed by atoms with Gasteiger partial charge in [-0.3, -0.25) is 0 Å². The standard InChI is InChI=1S/C23H27N3O3/c1-15-8-9-21(29-15)20(14-28-3)25-23(27)26-12-10-17(11-13-26)22-16(2)24-19-7-5-4-6-18(19)22/h4-10,20,24H,11-14H2,1-3H3,(H,25,27). The molecule has 4 rings (SSSR count). The van der Waals surface area contributed by atoms with Gasteiger partial charge in [-0.2, -0.15) is 0 Å². The van der Waals surface area contributed by atoms with Gasteiger partial charge in [0.2, 0.25) is 0 Å². The second kappa shape index (κ2) is 8.17. The lowest BCUT2D eigenvalue weighted by Crippen LogP contribution is -2.44. The number of nitrogens with zero attached hydrogens (tertiary/aromatic N) is 1. The molecule has 3 aromatic rings. The molecule has 29 heavy (non-hydrogen) atoms. The minimum atomic E-state index is -0.303. The fraction of sp³-hybridized carbons (Fsp3) is 0.348. The Morgan fingerprint density at radius 2 is 2.10 bits per heavy atom. The minimum absolute atomic E-state index is 0.105. The van der Waals surface area contributed by atoms with Crippen LogP contribution in [-0.2, 0) is 4.74 Å². The molecule has 1 aromatic carbocycles. The fourth-order valence-corrected chi connectivity index (χ4v) is 4.01. The van der Waals surface area contributed by atoms with Gasteiger partial charge in [0.15, 0.2) is 0 Å². The molecule has 1 aliphatic rings. The number of aromatic nitrogens is 1. The van der Waals surface area contributed by atoms with Crippen molar-refractivity contribution >= 4 is 22.5 Å².